The molecule has 0 saturated carbocycles. The number of carbonyl (C=O) groups is 1. The van der Waals surface area contributed by atoms with E-state index < -0.39 is 15.9 Å². The van der Waals surface area contributed by atoms with Crippen molar-refractivity contribution in [3.05, 3.63) is 69.7 Å². The fourth-order valence-electron chi connectivity index (χ4n) is 2.46. The highest BCUT2D eigenvalue weighted by Crippen LogP contribution is 2.27. The standard InChI is InChI=1S/C19H18ClN3O3S2/c1-12-13(2)27-19(21-12)22-18(24)16-11-15(9-10-17(16)20)28(25,26)23(3)14-7-5-4-6-8-14/h4-11H,1-3H3,(H,21,22,24). The summed E-state index contributed by atoms with van der Waals surface area (Å²) < 4.78 is 27.1. The molecule has 1 aromatic heterocycles. The van der Waals surface area contributed by atoms with Crippen molar-refractivity contribution in [1.29, 1.82) is 0 Å². The van der Waals surface area contributed by atoms with Gasteiger partial charge in [-0.1, -0.05) is 29.8 Å². The monoisotopic (exact) mass is 435 g/mol. The van der Waals surface area contributed by atoms with Crippen LogP contribution in [0.5, 0.6) is 0 Å². The number of carbonyl (C=O) groups excluding carboxylic acids is 1. The first-order chi connectivity index (χ1) is 13.2. The van der Waals surface area contributed by atoms with Gasteiger partial charge in [0.05, 0.1) is 26.9 Å². The van der Waals surface area contributed by atoms with Crippen molar-refractivity contribution in [3.8, 4) is 0 Å². The summed E-state index contributed by atoms with van der Waals surface area (Å²) in [4.78, 5) is 17.9. The van der Waals surface area contributed by atoms with Gasteiger partial charge in [-0.3, -0.25) is 14.4 Å². The fourth-order valence-corrected chi connectivity index (χ4v) is 4.70. The number of para-hydroxylation sites is 1. The molecule has 0 atom stereocenters. The van der Waals surface area contributed by atoms with Crippen molar-refractivity contribution in [2.24, 2.45) is 0 Å². The highest BCUT2D eigenvalue weighted by Gasteiger charge is 2.24. The Labute approximate surface area is 172 Å². The third-order valence-corrected chi connectivity index (χ3v) is 7.31. The van der Waals surface area contributed by atoms with Gasteiger partial charge < -0.3 is 0 Å². The summed E-state index contributed by atoms with van der Waals surface area (Å²) in [5.74, 6) is -0.516. The minimum Gasteiger partial charge on any atom is -0.298 e. The predicted molar refractivity (Wildman–Crippen MR) is 113 cm³/mol. The van der Waals surface area contributed by atoms with Gasteiger partial charge in [0.15, 0.2) is 5.13 Å². The van der Waals surface area contributed by atoms with Gasteiger partial charge in [0.25, 0.3) is 15.9 Å². The van der Waals surface area contributed by atoms with Gasteiger partial charge in [0.1, 0.15) is 0 Å². The van der Waals surface area contributed by atoms with E-state index in [2.05, 4.69) is 10.3 Å². The molecule has 1 N–H and O–H groups in total. The third kappa shape index (κ3) is 4.04. The predicted octanol–water partition coefficient (Wildman–Crippen LogP) is 4.49. The molecule has 1 heterocycles. The molecule has 0 aliphatic heterocycles. The molecule has 0 unspecified atom stereocenters. The van der Waals surface area contributed by atoms with Crippen LogP contribution in [0.4, 0.5) is 10.8 Å². The summed E-state index contributed by atoms with van der Waals surface area (Å²) in [6.07, 6.45) is 0. The van der Waals surface area contributed by atoms with E-state index in [4.69, 9.17) is 11.6 Å². The average molecular weight is 436 g/mol. The molecule has 0 aliphatic carbocycles. The Bertz CT molecular complexity index is 1110. The summed E-state index contributed by atoms with van der Waals surface area (Å²) in [5, 5.41) is 3.27. The molecule has 6 nitrogen and oxygen atoms in total. The van der Waals surface area contributed by atoms with Crippen LogP contribution in [0.2, 0.25) is 5.02 Å². The molecule has 0 bridgehead atoms. The summed E-state index contributed by atoms with van der Waals surface area (Å²) in [5.41, 5.74) is 1.40. The molecular weight excluding hydrogens is 418 g/mol. The zero-order valence-electron chi connectivity index (χ0n) is 15.4. The van der Waals surface area contributed by atoms with E-state index in [0.29, 0.717) is 10.8 Å². The summed E-state index contributed by atoms with van der Waals surface area (Å²) in [6.45, 7) is 3.75. The molecule has 3 rings (SSSR count). The van der Waals surface area contributed by atoms with Gasteiger partial charge in [-0.15, -0.1) is 11.3 Å². The van der Waals surface area contributed by atoms with Crippen LogP contribution in [0.1, 0.15) is 20.9 Å². The largest absolute Gasteiger partial charge is 0.298 e. The van der Waals surface area contributed by atoms with Crippen LogP contribution in [-0.4, -0.2) is 26.4 Å². The third-order valence-electron chi connectivity index (χ3n) is 4.21. The molecule has 146 valence electrons. The van der Waals surface area contributed by atoms with E-state index in [0.717, 1.165) is 14.9 Å². The van der Waals surface area contributed by atoms with E-state index in [9.17, 15) is 13.2 Å². The Kier molecular flexibility index (Phi) is 5.74. The zero-order chi connectivity index (χ0) is 20.5. The van der Waals surface area contributed by atoms with Crippen LogP contribution in [0.25, 0.3) is 0 Å². The van der Waals surface area contributed by atoms with E-state index in [-0.39, 0.29) is 15.5 Å². The van der Waals surface area contributed by atoms with Crippen LogP contribution in [0.3, 0.4) is 0 Å². The lowest BCUT2D eigenvalue weighted by Gasteiger charge is -2.20. The van der Waals surface area contributed by atoms with Crippen molar-refractivity contribution >= 4 is 49.7 Å². The number of nitrogens with one attached hydrogen (secondary N) is 1. The Morgan fingerprint density at radius 1 is 1.14 bits per heavy atom. The van der Waals surface area contributed by atoms with Gasteiger partial charge in [0, 0.05) is 11.9 Å². The van der Waals surface area contributed by atoms with Gasteiger partial charge in [-0.05, 0) is 44.2 Å². The van der Waals surface area contributed by atoms with Crippen LogP contribution in [0.15, 0.2) is 53.4 Å². The first-order valence-electron chi connectivity index (χ1n) is 8.29. The maximum atomic E-state index is 13.0. The molecule has 0 spiro atoms. The molecule has 1 amide bonds. The van der Waals surface area contributed by atoms with E-state index in [1.807, 2.05) is 13.8 Å². The molecule has 0 radical (unpaired) electrons. The Morgan fingerprint density at radius 2 is 1.82 bits per heavy atom. The topological polar surface area (TPSA) is 79.4 Å². The maximum absolute atomic E-state index is 13.0. The van der Waals surface area contributed by atoms with Gasteiger partial charge >= 0.3 is 0 Å². The maximum Gasteiger partial charge on any atom is 0.264 e. The van der Waals surface area contributed by atoms with Crippen molar-refractivity contribution in [2.75, 3.05) is 16.7 Å². The van der Waals surface area contributed by atoms with Crippen molar-refractivity contribution in [2.45, 2.75) is 18.7 Å². The second-order valence-electron chi connectivity index (χ2n) is 6.06. The number of hydrogen-bond donors (Lipinski definition) is 1. The van der Waals surface area contributed by atoms with Gasteiger partial charge in [-0.2, -0.15) is 0 Å². The normalized spacial score (nSPS) is 11.3. The number of anilines is 2. The molecule has 0 fully saturated rings. The van der Waals surface area contributed by atoms with Crippen molar-refractivity contribution in [3.63, 3.8) is 0 Å². The Balaban J connectivity index is 1.93. The summed E-state index contributed by atoms with van der Waals surface area (Å²) in [6, 6.07) is 12.7. The van der Waals surface area contributed by atoms with E-state index in [1.165, 1.54) is 36.6 Å². The first kappa shape index (κ1) is 20.3. The molecule has 9 heteroatoms. The minimum atomic E-state index is -3.86. The van der Waals surface area contributed by atoms with Crippen molar-refractivity contribution in [1.82, 2.24) is 4.98 Å². The lowest BCUT2D eigenvalue weighted by atomic mass is 10.2. The average Bonchev–Trinajstić information content (AvgIpc) is 2.98. The Morgan fingerprint density at radius 3 is 2.43 bits per heavy atom. The SMILES string of the molecule is Cc1nc(NC(=O)c2cc(S(=O)(=O)N(C)c3ccccc3)ccc2Cl)sc1C. The molecular formula is C19H18ClN3O3S2. The van der Waals surface area contributed by atoms with Gasteiger partial charge in [-0.25, -0.2) is 13.4 Å². The smallest absolute Gasteiger partial charge is 0.264 e. The highest BCUT2D eigenvalue weighted by molar-refractivity contribution is 7.92. The van der Waals surface area contributed by atoms with Gasteiger partial charge in [0.2, 0.25) is 0 Å². The van der Waals surface area contributed by atoms with Crippen LogP contribution in [0, 0.1) is 13.8 Å². The zero-order valence-corrected chi connectivity index (χ0v) is 17.8. The number of aromatic nitrogens is 1. The number of sulfonamides is 1. The van der Waals surface area contributed by atoms with Crippen LogP contribution in [-0.2, 0) is 10.0 Å². The van der Waals surface area contributed by atoms with E-state index >= 15 is 0 Å². The number of halogens is 1. The molecule has 28 heavy (non-hydrogen) atoms. The molecule has 3 aromatic rings. The number of amides is 1. The molecule has 0 saturated heterocycles. The Hall–Kier alpha value is -2.42. The quantitative estimate of drug-likeness (QED) is 0.640. The van der Waals surface area contributed by atoms with Crippen LogP contribution >= 0.6 is 22.9 Å². The fraction of sp³-hybridized carbons (Fsp3) is 0.158. The second-order valence-corrected chi connectivity index (χ2v) is 9.64. The lowest BCUT2D eigenvalue weighted by molar-refractivity contribution is 0.102. The first-order valence-corrected chi connectivity index (χ1v) is 10.9. The highest BCUT2D eigenvalue weighted by atomic mass is 35.5. The summed E-state index contributed by atoms with van der Waals surface area (Å²) >= 11 is 7.50. The summed E-state index contributed by atoms with van der Waals surface area (Å²) in [7, 11) is -2.40. The second kappa shape index (κ2) is 7.90. The number of aryl methyl sites for hydroxylation is 2. The molecule has 0 aliphatic rings. The van der Waals surface area contributed by atoms with Crippen LogP contribution < -0.4 is 9.62 Å². The number of nitrogens with zero attached hydrogens (tertiary/aromatic N) is 2. The van der Waals surface area contributed by atoms with E-state index in [1.54, 1.807) is 30.3 Å². The number of rotatable bonds is 5. The minimum absolute atomic E-state index is 0.0279. The lowest BCUT2D eigenvalue weighted by Crippen LogP contribution is -2.27. The number of benzene rings is 2. The molecule has 2 aromatic carbocycles. The van der Waals surface area contributed by atoms with Crippen molar-refractivity contribution < 1.29 is 13.2 Å². The number of thiazole rings is 1. The number of hydrogen-bond acceptors (Lipinski definition) is 5.